The molecule has 134 valence electrons. The highest BCUT2D eigenvalue weighted by Crippen LogP contribution is 2.37. The second kappa shape index (κ2) is 6.33. The van der Waals surface area contributed by atoms with Crippen LogP contribution in [-0.4, -0.2) is 40.6 Å². The van der Waals surface area contributed by atoms with Crippen molar-refractivity contribution < 1.29 is 13.2 Å². The van der Waals surface area contributed by atoms with Crippen molar-refractivity contribution in [2.75, 3.05) is 26.2 Å². The first-order valence-electron chi connectivity index (χ1n) is 9.12. The zero-order chi connectivity index (χ0) is 16.7. The number of fused-ring (bicyclic) bond motifs is 1. The molecule has 0 amide bonds. The highest BCUT2D eigenvalue weighted by atomic mass is 19.4. The van der Waals surface area contributed by atoms with E-state index in [1.165, 1.54) is 23.8 Å². The lowest BCUT2D eigenvalue weighted by Crippen LogP contribution is -2.35. The Labute approximate surface area is 140 Å². The van der Waals surface area contributed by atoms with E-state index < -0.39 is 12.0 Å². The summed E-state index contributed by atoms with van der Waals surface area (Å²) in [6.45, 7) is 4.55. The van der Waals surface area contributed by atoms with Gasteiger partial charge in [0.1, 0.15) is 0 Å². The number of halogens is 3. The Hall–Kier alpha value is -1.08. The van der Waals surface area contributed by atoms with Gasteiger partial charge in [0.15, 0.2) is 0 Å². The monoisotopic (exact) mass is 342 g/mol. The van der Waals surface area contributed by atoms with E-state index in [2.05, 4.69) is 15.2 Å². The van der Waals surface area contributed by atoms with Gasteiger partial charge in [-0.3, -0.25) is 0 Å². The molecule has 7 heteroatoms. The van der Waals surface area contributed by atoms with Crippen molar-refractivity contribution in [2.24, 2.45) is 5.92 Å². The minimum absolute atomic E-state index is 0.166. The van der Waals surface area contributed by atoms with E-state index >= 15 is 0 Å². The van der Waals surface area contributed by atoms with Gasteiger partial charge >= 0.3 is 6.18 Å². The van der Waals surface area contributed by atoms with Crippen LogP contribution in [0.25, 0.3) is 0 Å². The molecule has 3 heterocycles. The van der Waals surface area contributed by atoms with E-state index in [0.717, 1.165) is 44.1 Å². The second-order valence-corrected chi connectivity index (χ2v) is 7.44. The summed E-state index contributed by atoms with van der Waals surface area (Å²) in [5.41, 5.74) is 1.45. The van der Waals surface area contributed by atoms with Crippen LogP contribution >= 0.6 is 0 Å². The number of hydrogen-bond acceptors (Lipinski definition) is 3. The van der Waals surface area contributed by atoms with Gasteiger partial charge in [-0.1, -0.05) is 12.8 Å². The van der Waals surface area contributed by atoms with Crippen LogP contribution in [0, 0.1) is 5.92 Å². The number of alkyl halides is 3. The number of nitrogens with one attached hydrogen (secondary N) is 1. The zero-order valence-electron chi connectivity index (χ0n) is 13.9. The Kier molecular flexibility index (Phi) is 4.33. The Morgan fingerprint density at radius 2 is 1.83 bits per heavy atom. The minimum Gasteiger partial charge on any atom is -0.322 e. The number of rotatable bonds is 4. The average molecular weight is 342 g/mol. The quantitative estimate of drug-likeness (QED) is 0.913. The number of piperidine rings is 1. The molecule has 1 N–H and O–H groups in total. The van der Waals surface area contributed by atoms with E-state index in [1.54, 1.807) is 0 Å². The molecule has 3 aliphatic rings. The topological polar surface area (TPSA) is 33.1 Å². The maximum absolute atomic E-state index is 13.3. The maximum Gasteiger partial charge on any atom is 0.449 e. The molecule has 1 aliphatic carbocycles. The highest BCUT2D eigenvalue weighted by molar-refractivity contribution is 5.24. The third kappa shape index (κ3) is 3.33. The van der Waals surface area contributed by atoms with Crippen molar-refractivity contribution in [3.63, 3.8) is 0 Å². The van der Waals surface area contributed by atoms with Crippen LogP contribution in [0.1, 0.15) is 55.2 Å². The average Bonchev–Trinajstić information content (AvgIpc) is 3.31. The molecule has 4 rings (SSSR count). The Morgan fingerprint density at radius 1 is 1.08 bits per heavy atom. The van der Waals surface area contributed by atoms with Crippen LogP contribution in [0.3, 0.4) is 0 Å². The van der Waals surface area contributed by atoms with Crippen molar-refractivity contribution in [1.29, 1.82) is 0 Å². The molecule has 0 atom stereocenters. The van der Waals surface area contributed by atoms with Crippen molar-refractivity contribution in [3.8, 4) is 0 Å². The van der Waals surface area contributed by atoms with Crippen molar-refractivity contribution in [3.05, 3.63) is 17.2 Å². The Balaban J connectivity index is 1.47. The highest BCUT2D eigenvalue weighted by Gasteiger charge is 2.40. The van der Waals surface area contributed by atoms with Crippen molar-refractivity contribution in [2.45, 2.75) is 57.3 Å². The molecule has 0 spiro atoms. The molecule has 0 bridgehead atoms. The molecule has 1 saturated carbocycles. The molecule has 24 heavy (non-hydrogen) atoms. The van der Waals surface area contributed by atoms with E-state index in [-0.39, 0.29) is 5.92 Å². The number of likely N-dealkylation sites (tertiary alicyclic amines) is 1. The summed E-state index contributed by atoms with van der Waals surface area (Å²) in [5, 5.41) is 3.20. The molecule has 4 nitrogen and oxygen atoms in total. The fraction of sp³-hybridized carbons (Fsp3) is 0.824. The lowest BCUT2D eigenvalue weighted by atomic mass is 9.92. The summed E-state index contributed by atoms with van der Waals surface area (Å²) in [6, 6.07) is 0. The van der Waals surface area contributed by atoms with E-state index in [1.807, 2.05) is 0 Å². The van der Waals surface area contributed by atoms with Crippen LogP contribution in [-0.2, 0) is 19.3 Å². The van der Waals surface area contributed by atoms with E-state index in [9.17, 15) is 13.2 Å². The smallest absolute Gasteiger partial charge is 0.322 e. The number of imidazole rings is 1. The van der Waals surface area contributed by atoms with Crippen molar-refractivity contribution in [1.82, 2.24) is 19.8 Å². The summed E-state index contributed by atoms with van der Waals surface area (Å²) in [5.74, 6) is 0.396. The summed E-state index contributed by atoms with van der Waals surface area (Å²) in [6.07, 6.45) is 1.52. The van der Waals surface area contributed by atoms with Crippen LogP contribution in [0.15, 0.2) is 0 Å². The van der Waals surface area contributed by atoms with Crippen LogP contribution in [0.4, 0.5) is 13.2 Å². The number of hydrogen-bond donors (Lipinski definition) is 1. The zero-order valence-corrected chi connectivity index (χ0v) is 13.9. The first kappa shape index (κ1) is 16.4. The van der Waals surface area contributed by atoms with Gasteiger partial charge in [0.2, 0.25) is 5.82 Å². The molecular formula is C17H25F3N4. The molecule has 1 aromatic rings. The number of nitrogens with zero attached hydrogens (tertiary/aromatic N) is 3. The Bertz CT molecular complexity index is 583. The third-order valence-corrected chi connectivity index (χ3v) is 5.69. The summed E-state index contributed by atoms with van der Waals surface area (Å²) in [7, 11) is 0. The van der Waals surface area contributed by atoms with E-state index in [0.29, 0.717) is 25.3 Å². The normalized spacial score (nSPS) is 23.5. The molecule has 0 radical (unpaired) electrons. The van der Waals surface area contributed by atoms with Gasteiger partial charge < -0.3 is 14.8 Å². The van der Waals surface area contributed by atoms with Gasteiger partial charge in [-0.15, -0.1) is 0 Å². The molecule has 0 aromatic carbocycles. The predicted molar refractivity (Wildman–Crippen MR) is 84.7 cm³/mol. The van der Waals surface area contributed by atoms with Crippen molar-refractivity contribution >= 4 is 0 Å². The van der Waals surface area contributed by atoms with Gasteiger partial charge in [-0.05, 0) is 44.8 Å². The molecule has 2 fully saturated rings. The van der Waals surface area contributed by atoms with Crippen LogP contribution < -0.4 is 5.32 Å². The second-order valence-electron chi connectivity index (χ2n) is 7.44. The fourth-order valence-electron chi connectivity index (χ4n) is 4.07. The van der Waals surface area contributed by atoms with Gasteiger partial charge in [-0.25, -0.2) is 4.98 Å². The molecule has 1 aromatic heterocycles. The van der Waals surface area contributed by atoms with Crippen LogP contribution in [0.5, 0.6) is 0 Å². The standard InChI is InChI=1S/C17H25F3N4/c18-17(19,20)16-22-15(14-11-21-6-10-24(14)16)13-4-8-23(9-5-13)7-3-12-1-2-12/h12-13,21H,1-11H2. The lowest BCUT2D eigenvalue weighted by Gasteiger charge is -2.32. The van der Waals surface area contributed by atoms with Gasteiger partial charge in [0, 0.05) is 25.6 Å². The molecular weight excluding hydrogens is 317 g/mol. The third-order valence-electron chi connectivity index (χ3n) is 5.69. The van der Waals surface area contributed by atoms with Gasteiger partial charge in [-0.2, -0.15) is 13.2 Å². The first-order chi connectivity index (χ1) is 11.5. The van der Waals surface area contributed by atoms with Gasteiger partial charge in [0.05, 0.1) is 11.4 Å². The summed E-state index contributed by atoms with van der Waals surface area (Å²) in [4.78, 5) is 6.55. The first-order valence-corrected chi connectivity index (χ1v) is 9.12. The van der Waals surface area contributed by atoms with Gasteiger partial charge in [0.25, 0.3) is 0 Å². The van der Waals surface area contributed by atoms with Crippen LogP contribution in [0.2, 0.25) is 0 Å². The maximum atomic E-state index is 13.3. The minimum atomic E-state index is -4.37. The molecule has 2 aliphatic heterocycles. The predicted octanol–water partition coefficient (Wildman–Crippen LogP) is 2.98. The number of aromatic nitrogens is 2. The SMILES string of the molecule is FC(F)(F)c1nc(C2CCN(CCC3CC3)CC2)c2n1CCNC2. The molecule has 0 unspecified atom stereocenters. The Morgan fingerprint density at radius 3 is 2.50 bits per heavy atom. The lowest BCUT2D eigenvalue weighted by molar-refractivity contribution is -0.147. The molecule has 1 saturated heterocycles. The fourth-order valence-corrected chi connectivity index (χ4v) is 4.07. The van der Waals surface area contributed by atoms with E-state index in [4.69, 9.17) is 0 Å². The summed E-state index contributed by atoms with van der Waals surface area (Å²) >= 11 is 0. The summed E-state index contributed by atoms with van der Waals surface area (Å²) < 4.78 is 41.3. The largest absolute Gasteiger partial charge is 0.449 e.